The molecule has 0 aliphatic rings. The van der Waals surface area contributed by atoms with Crippen LogP contribution in [0.25, 0.3) is 10.8 Å². The Bertz CT molecular complexity index is 1070. The average molecular weight is 433 g/mol. The second-order valence-corrected chi connectivity index (χ2v) is 8.36. The van der Waals surface area contributed by atoms with Gasteiger partial charge in [0.25, 0.3) is 5.91 Å². The first-order chi connectivity index (χ1) is 15.4. The topological polar surface area (TPSA) is 58.6 Å². The maximum atomic E-state index is 13.4. The molecule has 0 unspecified atom stereocenters. The molecule has 0 saturated heterocycles. The quantitative estimate of drug-likeness (QED) is 0.525. The Morgan fingerprint density at radius 1 is 1.00 bits per heavy atom. The lowest BCUT2D eigenvalue weighted by atomic mass is 10.1. The Balaban J connectivity index is 1.83. The zero-order valence-corrected chi connectivity index (χ0v) is 19.3. The number of amides is 2. The van der Waals surface area contributed by atoms with Crippen LogP contribution in [0, 0.1) is 6.92 Å². The SMILES string of the molecule is CC[C@@H](C(=O)NC(C)C)N(Cc1cccc(C)c1)C(=O)COc1cccc2ccccc12. The second-order valence-electron chi connectivity index (χ2n) is 8.36. The number of hydrogen-bond donors (Lipinski definition) is 1. The van der Waals surface area contributed by atoms with Crippen LogP contribution in [-0.4, -0.2) is 35.4 Å². The van der Waals surface area contributed by atoms with Gasteiger partial charge in [-0.15, -0.1) is 0 Å². The van der Waals surface area contributed by atoms with Crippen molar-refractivity contribution in [2.45, 2.75) is 52.7 Å². The zero-order valence-electron chi connectivity index (χ0n) is 19.3. The summed E-state index contributed by atoms with van der Waals surface area (Å²) in [5, 5.41) is 4.96. The highest BCUT2D eigenvalue weighted by Gasteiger charge is 2.29. The minimum Gasteiger partial charge on any atom is -0.483 e. The summed E-state index contributed by atoms with van der Waals surface area (Å²) >= 11 is 0. The predicted octanol–water partition coefficient (Wildman–Crippen LogP) is 4.86. The molecule has 0 aliphatic carbocycles. The third-order valence-electron chi connectivity index (χ3n) is 5.35. The number of fused-ring (bicyclic) bond motifs is 1. The lowest BCUT2D eigenvalue weighted by molar-refractivity contribution is -0.143. The van der Waals surface area contributed by atoms with Crippen molar-refractivity contribution in [1.29, 1.82) is 0 Å². The number of hydrogen-bond acceptors (Lipinski definition) is 3. The summed E-state index contributed by atoms with van der Waals surface area (Å²) < 4.78 is 5.96. The molecule has 3 rings (SSSR count). The van der Waals surface area contributed by atoms with E-state index in [4.69, 9.17) is 4.74 Å². The molecular formula is C27H32N2O3. The third kappa shape index (κ3) is 5.88. The molecule has 1 N–H and O–H groups in total. The highest BCUT2D eigenvalue weighted by molar-refractivity contribution is 5.90. The van der Waals surface area contributed by atoms with Crippen molar-refractivity contribution in [2.24, 2.45) is 0 Å². The Hall–Kier alpha value is -3.34. The summed E-state index contributed by atoms with van der Waals surface area (Å²) in [6.45, 7) is 7.99. The van der Waals surface area contributed by atoms with Gasteiger partial charge in [-0.1, -0.05) is 73.2 Å². The molecule has 0 radical (unpaired) electrons. The van der Waals surface area contributed by atoms with Crippen molar-refractivity contribution in [3.8, 4) is 5.75 Å². The van der Waals surface area contributed by atoms with Crippen molar-refractivity contribution in [1.82, 2.24) is 10.2 Å². The van der Waals surface area contributed by atoms with Crippen LogP contribution in [0.5, 0.6) is 5.75 Å². The minimum atomic E-state index is -0.568. The number of aryl methyl sites for hydroxylation is 1. The van der Waals surface area contributed by atoms with Gasteiger partial charge in [0.2, 0.25) is 5.91 Å². The highest BCUT2D eigenvalue weighted by atomic mass is 16.5. The number of ether oxygens (including phenoxy) is 1. The molecule has 0 heterocycles. The molecule has 5 heteroatoms. The molecular weight excluding hydrogens is 400 g/mol. The van der Waals surface area contributed by atoms with Crippen LogP contribution in [0.3, 0.4) is 0 Å². The summed E-state index contributed by atoms with van der Waals surface area (Å²) in [5.74, 6) is 0.297. The van der Waals surface area contributed by atoms with E-state index in [1.165, 1.54) is 0 Å². The monoisotopic (exact) mass is 432 g/mol. The van der Waals surface area contributed by atoms with E-state index in [-0.39, 0.29) is 24.5 Å². The van der Waals surface area contributed by atoms with Gasteiger partial charge < -0.3 is 15.0 Å². The van der Waals surface area contributed by atoms with E-state index >= 15 is 0 Å². The minimum absolute atomic E-state index is 0.000551. The summed E-state index contributed by atoms with van der Waals surface area (Å²) in [6, 6.07) is 21.1. The Kier molecular flexibility index (Phi) is 7.87. The molecule has 3 aromatic rings. The van der Waals surface area contributed by atoms with Crippen LogP contribution >= 0.6 is 0 Å². The smallest absolute Gasteiger partial charge is 0.261 e. The van der Waals surface area contributed by atoms with Crippen molar-refractivity contribution < 1.29 is 14.3 Å². The molecule has 0 fully saturated rings. The van der Waals surface area contributed by atoms with E-state index in [0.29, 0.717) is 18.7 Å². The number of carbonyl (C=O) groups is 2. The zero-order chi connectivity index (χ0) is 23.1. The van der Waals surface area contributed by atoms with E-state index < -0.39 is 6.04 Å². The molecule has 3 aromatic carbocycles. The molecule has 32 heavy (non-hydrogen) atoms. The second kappa shape index (κ2) is 10.8. The van der Waals surface area contributed by atoms with Gasteiger partial charge in [-0.3, -0.25) is 9.59 Å². The number of nitrogens with one attached hydrogen (secondary N) is 1. The Labute approximate surface area is 190 Å². The molecule has 2 amide bonds. The molecule has 0 spiro atoms. The maximum absolute atomic E-state index is 13.4. The molecule has 1 atom stereocenters. The van der Waals surface area contributed by atoms with E-state index in [2.05, 4.69) is 5.32 Å². The van der Waals surface area contributed by atoms with Crippen molar-refractivity contribution in [2.75, 3.05) is 6.61 Å². The van der Waals surface area contributed by atoms with Gasteiger partial charge in [0.15, 0.2) is 6.61 Å². The lowest BCUT2D eigenvalue weighted by Gasteiger charge is -2.31. The van der Waals surface area contributed by atoms with Crippen LogP contribution in [0.2, 0.25) is 0 Å². The van der Waals surface area contributed by atoms with Gasteiger partial charge in [0.05, 0.1) is 0 Å². The standard InChI is InChI=1S/C27H32N2O3/c1-5-24(27(31)28-19(2)3)29(17-21-11-8-10-20(4)16-21)26(30)18-32-25-15-9-13-22-12-6-7-14-23(22)25/h6-16,19,24H,5,17-18H2,1-4H3,(H,28,31)/t24-/m0/s1. The van der Waals surface area contributed by atoms with Gasteiger partial charge in [-0.2, -0.15) is 0 Å². The third-order valence-corrected chi connectivity index (χ3v) is 5.35. The van der Waals surface area contributed by atoms with Crippen LogP contribution in [0.15, 0.2) is 66.7 Å². The van der Waals surface area contributed by atoms with E-state index in [1.54, 1.807) is 4.90 Å². The van der Waals surface area contributed by atoms with E-state index in [9.17, 15) is 9.59 Å². The number of nitrogens with zero attached hydrogens (tertiary/aromatic N) is 1. The first kappa shape index (κ1) is 23.3. The fourth-order valence-electron chi connectivity index (χ4n) is 3.85. The summed E-state index contributed by atoms with van der Waals surface area (Å²) in [6.07, 6.45) is 0.518. The van der Waals surface area contributed by atoms with Crippen LogP contribution < -0.4 is 10.1 Å². The average Bonchev–Trinajstić information content (AvgIpc) is 2.77. The first-order valence-electron chi connectivity index (χ1n) is 11.1. The summed E-state index contributed by atoms with van der Waals surface area (Å²) in [7, 11) is 0. The van der Waals surface area contributed by atoms with Crippen molar-refractivity contribution in [3.63, 3.8) is 0 Å². The maximum Gasteiger partial charge on any atom is 0.261 e. The van der Waals surface area contributed by atoms with Gasteiger partial charge in [0, 0.05) is 18.0 Å². The van der Waals surface area contributed by atoms with E-state index in [1.807, 2.05) is 94.4 Å². The molecule has 0 bridgehead atoms. The Morgan fingerprint density at radius 2 is 1.72 bits per heavy atom. The first-order valence-corrected chi connectivity index (χ1v) is 11.1. The molecule has 168 valence electrons. The van der Waals surface area contributed by atoms with Crippen LogP contribution in [0.4, 0.5) is 0 Å². The number of carbonyl (C=O) groups excluding carboxylic acids is 2. The van der Waals surface area contributed by atoms with Crippen molar-refractivity contribution in [3.05, 3.63) is 77.9 Å². The Morgan fingerprint density at radius 3 is 2.44 bits per heavy atom. The van der Waals surface area contributed by atoms with Crippen molar-refractivity contribution >= 4 is 22.6 Å². The molecule has 0 aromatic heterocycles. The highest BCUT2D eigenvalue weighted by Crippen LogP contribution is 2.25. The van der Waals surface area contributed by atoms with Crippen LogP contribution in [0.1, 0.15) is 38.3 Å². The predicted molar refractivity (Wildman–Crippen MR) is 129 cm³/mol. The fourth-order valence-corrected chi connectivity index (χ4v) is 3.85. The number of benzene rings is 3. The van der Waals surface area contributed by atoms with Gasteiger partial charge in [0.1, 0.15) is 11.8 Å². The molecule has 0 saturated carbocycles. The fraction of sp³-hybridized carbons (Fsp3) is 0.333. The largest absolute Gasteiger partial charge is 0.483 e. The molecule has 5 nitrogen and oxygen atoms in total. The van der Waals surface area contributed by atoms with Gasteiger partial charge in [-0.25, -0.2) is 0 Å². The van der Waals surface area contributed by atoms with Gasteiger partial charge in [-0.05, 0) is 44.2 Å². The summed E-state index contributed by atoms with van der Waals surface area (Å²) in [5.41, 5.74) is 2.10. The molecule has 0 aliphatic heterocycles. The summed E-state index contributed by atoms with van der Waals surface area (Å²) in [4.78, 5) is 27.9. The van der Waals surface area contributed by atoms with Crippen LogP contribution in [-0.2, 0) is 16.1 Å². The lowest BCUT2D eigenvalue weighted by Crippen LogP contribution is -2.51. The number of rotatable bonds is 9. The van der Waals surface area contributed by atoms with Gasteiger partial charge >= 0.3 is 0 Å². The normalized spacial score (nSPS) is 11.9. The van der Waals surface area contributed by atoms with E-state index in [0.717, 1.165) is 21.9 Å².